The van der Waals surface area contributed by atoms with Crippen LogP contribution < -0.4 is 35.2 Å². The Morgan fingerprint density at radius 2 is 1.20 bits per heavy atom. The van der Waals surface area contributed by atoms with Crippen LogP contribution in [0.25, 0.3) is 11.4 Å². The molecular weight excluding hydrogens is 1250 g/mol. The number of aliphatic hydroxyl groups is 2. The number of halogens is 4. The predicted molar refractivity (Wildman–Crippen MR) is 347 cm³/mol. The van der Waals surface area contributed by atoms with Crippen LogP contribution in [0.2, 0.25) is 0 Å². The van der Waals surface area contributed by atoms with Crippen LogP contribution in [0.3, 0.4) is 0 Å². The van der Waals surface area contributed by atoms with Gasteiger partial charge in [0.05, 0.1) is 97.9 Å². The number of nitrogens with one attached hydrogen (secondary N) is 3. The number of aliphatic carboxylic acids is 1. The van der Waals surface area contributed by atoms with Crippen LogP contribution in [0.5, 0.6) is 11.5 Å². The Bertz CT molecular complexity index is 3980. The van der Waals surface area contributed by atoms with Crippen LogP contribution in [0.1, 0.15) is 92.7 Å². The first-order chi connectivity index (χ1) is 44.3. The molecule has 2 atom stereocenters. The number of methoxy groups -OCH3 is 2. The quantitative estimate of drug-likeness (QED) is 0.0521. The highest BCUT2D eigenvalue weighted by Gasteiger charge is 2.38. The fourth-order valence-corrected chi connectivity index (χ4v) is 11.8. The molecule has 2 fully saturated rings. The van der Waals surface area contributed by atoms with Crippen molar-refractivity contribution in [3.05, 3.63) is 165 Å². The van der Waals surface area contributed by atoms with E-state index in [1.165, 1.54) is 5.56 Å². The number of imidazole rings is 2. The van der Waals surface area contributed by atoms with Crippen molar-refractivity contribution in [2.24, 2.45) is 0 Å². The standard InChI is InChI=1S/C32H36N8O2.C24H31N7O2.C8H6BrN.C2HF3O2/c1-21-12-26(14-29(42-3)22(21)2)39-18-30(34-20-39)36-32-35-28-17-38(16-24-7-4-6-23(13-24)15-33)11-9-27(28)31(37-32)40-10-5-8-25(40)19-41;1-15-9-18(10-21(33-3)16(15)2)30-12-22(26-14-30)28-24-27-20-11-25-7-6-19(20)23(29-24)31-8-4-5-17(31)13-32;9-5-7-2-1-3-8(4-7)6-10;3-2(4,5)1(6)7/h4,6-7,12-14,18,20,25,41H,5,8-11,16-17,19H2,1-3H3,(H,35,36,37);9-10,12,14,17,25,32H,4-8,11,13H2,1-3H3,(H,27,28,29);1-4H,5H2;(H,6,7)/t25-;17-;;/m00../s1. The van der Waals surface area contributed by atoms with Crippen molar-refractivity contribution in [2.45, 2.75) is 109 Å². The molecule has 4 aliphatic heterocycles. The van der Waals surface area contributed by atoms with Crippen molar-refractivity contribution in [2.75, 3.05) is 74.0 Å². The summed E-state index contributed by atoms with van der Waals surface area (Å²) >= 11 is 3.31. The van der Waals surface area contributed by atoms with Crippen molar-refractivity contribution in [3.63, 3.8) is 0 Å². The first-order valence-electron chi connectivity index (χ1n) is 30.1. The second-order valence-electron chi connectivity index (χ2n) is 22.6. The third kappa shape index (κ3) is 16.5. The highest BCUT2D eigenvalue weighted by molar-refractivity contribution is 9.08. The molecule has 4 aromatic carbocycles. The fraction of sp³-hybridized carbons (Fsp3) is 0.379. The van der Waals surface area contributed by atoms with Crippen molar-refractivity contribution in [3.8, 4) is 35.0 Å². The Hall–Kier alpha value is -9.18. The Labute approximate surface area is 540 Å². The molecule has 0 spiro atoms. The summed E-state index contributed by atoms with van der Waals surface area (Å²) in [5.74, 6) is 3.11. The Morgan fingerprint density at radius 1 is 0.707 bits per heavy atom. The van der Waals surface area contributed by atoms with Crippen molar-refractivity contribution >= 4 is 57.1 Å². The summed E-state index contributed by atoms with van der Waals surface area (Å²) in [5.41, 5.74) is 14.5. The van der Waals surface area contributed by atoms with Gasteiger partial charge < -0.3 is 59.7 Å². The molecular formula is C66H74BrF3N16O6. The van der Waals surface area contributed by atoms with E-state index >= 15 is 0 Å². The first-order valence-corrected chi connectivity index (χ1v) is 31.2. The zero-order valence-corrected chi connectivity index (χ0v) is 53.7. The lowest BCUT2D eigenvalue weighted by molar-refractivity contribution is -0.192. The maximum Gasteiger partial charge on any atom is 0.490 e. The van der Waals surface area contributed by atoms with Gasteiger partial charge in [-0.3, -0.25) is 4.90 Å². The Morgan fingerprint density at radius 3 is 1.67 bits per heavy atom. The minimum atomic E-state index is -5.08. The number of anilines is 6. The van der Waals surface area contributed by atoms with Gasteiger partial charge in [-0.2, -0.15) is 33.7 Å². The van der Waals surface area contributed by atoms with Gasteiger partial charge in [0.1, 0.15) is 35.8 Å². The van der Waals surface area contributed by atoms with E-state index in [1.54, 1.807) is 32.9 Å². The maximum atomic E-state index is 10.6. The number of carboxylic acids is 1. The van der Waals surface area contributed by atoms with Crippen LogP contribution in [-0.4, -0.2) is 137 Å². The monoisotopic (exact) mass is 1320 g/mol. The van der Waals surface area contributed by atoms with Gasteiger partial charge in [0.2, 0.25) is 11.9 Å². The topological polar surface area (TPSA) is 277 Å². The molecule has 0 amide bonds. The van der Waals surface area contributed by atoms with Gasteiger partial charge in [-0.1, -0.05) is 40.2 Å². The molecule has 26 heteroatoms. The number of rotatable bonds is 15. The lowest BCUT2D eigenvalue weighted by atomic mass is 10.0. The molecule has 0 bridgehead atoms. The van der Waals surface area contributed by atoms with Crippen LogP contribution in [-0.2, 0) is 42.6 Å². The highest BCUT2D eigenvalue weighted by atomic mass is 79.9. The SMILES string of the molecule is COc1cc(-n2cnc(Nc3nc4c(c(N5CCC[C@H]5CO)n3)CCN(Cc3cccc(C#N)c3)C4)c2)cc(C)c1C.COc1cc(-n2cnc(Nc3nc4c(c(N5CCC[C@H]5CO)n3)CCNC4)c2)cc(C)c1C.N#Cc1cccc(CBr)c1.O=C(O)C(F)(F)F. The molecule has 0 radical (unpaired) electrons. The number of carbonyl (C=O) groups is 1. The number of aliphatic hydroxyl groups excluding tert-OH is 2. The molecule has 6 N–H and O–H groups in total. The number of aromatic nitrogens is 8. The first kappa shape index (κ1) is 67.2. The van der Waals surface area contributed by atoms with E-state index in [1.807, 2.05) is 70.1 Å². The molecule has 4 aliphatic rings. The van der Waals surface area contributed by atoms with Crippen LogP contribution in [0.4, 0.5) is 48.3 Å². The van der Waals surface area contributed by atoms with E-state index in [-0.39, 0.29) is 25.3 Å². The number of aryl methyl sites for hydroxylation is 2. The summed E-state index contributed by atoms with van der Waals surface area (Å²) in [6.45, 7) is 14.2. The van der Waals surface area contributed by atoms with Gasteiger partial charge in [0.25, 0.3) is 0 Å². The lowest BCUT2D eigenvalue weighted by Crippen LogP contribution is -2.37. The smallest absolute Gasteiger partial charge is 0.490 e. The van der Waals surface area contributed by atoms with Crippen molar-refractivity contribution in [1.29, 1.82) is 10.5 Å². The molecule has 482 valence electrons. The van der Waals surface area contributed by atoms with E-state index in [2.05, 4.69) is 115 Å². The number of alkyl halides is 4. The van der Waals surface area contributed by atoms with Gasteiger partial charge in [-0.05, 0) is 143 Å². The van der Waals surface area contributed by atoms with Gasteiger partial charge in [0, 0.05) is 67.9 Å². The number of nitrogens with zero attached hydrogens (tertiary/aromatic N) is 13. The molecule has 4 aromatic heterocycles. The van der Waals surface area contributed by atoms with E-state index < -0.39 is 12.1 Å². The Balaban J connectivity index is 0.000000176. The molecule has 2 saturated heterocycles. The maximum absolute atomic E-state index is 10.6. The van der Waals surface area contributed by atoms with E-state index in [0.29, 0.717) is 42.2 Å². The second kappa shape index (κ2) is 30.8. The number of hydrogen-bond acceptors (Lipinski definition) is 19. The summed E-state index contributed by atoms with van der Waals surface area (Å²) in [6.07, 6.45) is 8.04. The molecule has 92 heavy (non-hydrogen) atoms. The zero-order chi connectivity index (χ0) is 65.6. The van der Waals surface area contributed by atoms with Gasteiger partial charge in [-0.15, -0.1) is 0 Å². The number of benzene rings is 4. The minimum Gasteiger partial charge on any atom is -0.496 e. The summed E-state index contributed by atoms with van der Waals surface area (Å²) in [4.78, 5) is 44.5. The van der Waals surface area contributed by atoms with Gasteiger partial charge in [-0.25, -0.2) is 24.7 Å². The average molecular weight is 1320 g/mol. The minimum absolute atomic E-state index is 0.0579. The summed E-state index contributed by atoms with van der Waals surface area (Å²) in [6, 6.07) is 28.0. The molecule has 0 saturated carbocycles. The summed E-state index contributed by atoms with van der Waals surface area (Å²) in [7, 11) is 3.37. The number of hydrogen-bond donors (Lipinski definition) is 6. The molecule has 8 aromatic rings. The molecule has 0 unspecified atom stereocenters. The van der Waals surface area contributed by atoms with Crippen molar-refractivity contribution < 1.29 is 42.8 Å². The van der Waals surface area contributed by atoms with Crippen LogP contribution in [0.15, 0.2) is 97.8 Å². The largest absolute Gasteiger partial charge is 0.496 e. The zero-order valence-electron chi connectivity index (χ0n) is 52.1. The second-order valence-corrected chi connectivity index (χ2v) is 23.2. The molecule has 12 rings (SSSR count). The fourth-order valence-electron chi connectivity index (χ4n) is 11.5. The number of fused-ring (bicyclic) bond motifs is 2. The third-order valence-electron chi connectivity index (χ3n) is 16.6. The summed E-state index contributed by atoms with van der Waals surface area (Å²) in [5, 5.41) is 55.7. The number of ether oxygens (including phenoxy) is 2. The molecule has 0 aliphatic carbocycles. The molecule has 8 heterocycles. The third-order valence-corrected chi connectivity index (χ3v) is 17.2. The van der Waals surface area contributed by atoms with E-state index in [9.17, 15) is 28.6 Å². The van der Waals surface area contributed by atoms with Crippen LogP contribution >= 0.6 is 15.9 Å². The lowest BCUT2D eigenvalue weighted by Gasteiger charge is -2.33. The number of carboxylic acid groups (broad SMARTS) is 1. The van der Waals surface area contributed by atoms with Gasteiger partial charge >= 0.3 is 12.1 Å². The van der Waals surface area contributed by atoms with E-state index in [4.69, 9.17) is 44.6 Å². The van der Waals surface area contributed by atoms with Gasteiger partial charge in [0.15, 0.2) is 11.6 Å². The van der Waals surface area contributed by atoms with Crippen LogP contribution in [0, 0.1) is 50.4 Å². The average Bonchev–Trinajstić information content (AvgIpc) is 1.37. The normalized spacial score (nSPS) is 15.8. The predicted octanol–water partition coefficient (Wildman–Crippen LogP) is 10.1. The van der Waals surface area contributed by atoms with E-state index in [0.717, 1.165) is 167 Å². The van der Waals surface area contributed by atoms with Crippen molar-refractivity contribution in [1.82, 2.24) is 49.3 Å². The highest BCUT2D eigenvalue weighted by Crippen LogP contribution is 2.36. The summed E-state index contributed by atoms with van der Waals surface area (Å²) < 4.78 is 46.7. The number of nitriles is 2. The molecule has 22 nitrogen and oxygen atoms in total. The Kier molecular flexibility index (Phi) is 22.5.